The predicted molar refractivity (Wildman–Crippen MR) is 34.5 cm³/mol. The molecule has 71 valence electrons. The third-order valence-corrected chi connectivity index (χ3v) is 1.85. The van der Waals surface area contributed by atoms with E-state index in [2.05, 4.69) is 4.74 Å². The molecule has 0 aromatic carbocycles. The summed E-state index contributed by atoms with van der Waals surface area (Å²) in [5.74, 6) is 0. The Hall–Kier alpha value is -0.240. The Bertz CT molecular complexity index is 146. The maximum atomic E-state index is 10.7. The highest BCUT2D eigenvalue weighted by atomic mass is 16.6. The van der Waals surface area contributed by atoms with Crippen molar-refractivity contribution >= 4 is 0 Å². The van der Waals surface area contributed by atoms with E-state index < -0.39 is 37.3 Å². The van der Waals surface area contributed by atoms with Gasteiger partial charge in [0, 0.05) is 0 Å². The van der Waals surface area contributed by atoms with Gasteiger partial charge in [0.05, 0.1) is 6.61 Å². The number of aliphatic hydroxyl groups excluding tert-OH is 4. The molecule has 1 fully saturated rings. The molecule has 1 heterocycles. The van der Waals surface area contributed by atoms with Gasteiger partial charge in [-0.2, -0.15) is 5.11 Å². The van der Waals surface area contributed by atoms with Crippen molar-refractivity contribution in [3.05, 3.63) is 0 Å². The fourth-order valence-electron chi connectivity index (χ4n) is 1.07. The third-order valence-electron chi connectivity index (χ3n) is 1.85. The minimum atomic E-state index is -1.82. The molecule has 0 unspecified atom stereocenters. The van der Waals surface area contributed by atoms with E-state index in [4.69, 9.17) is 20.4 Å². The van der Waals surface area contributed by atoms with E-state index in [1.54, 1.807) is 0 Å². The first kappa shape index (κ1) is 9.85. The van der Waals surface area contributed by atoms with Crippen molar-refractivity contribution in [2.24, 2.45) is 0 Å². The molecular formula is C6H11O6. The van der Waals surface area contributed by atoms with Crippen LogP contribution in [-0.4, -0.2) is 57.7 Å². The van der Waals surface area contributed by atoms with Gasteiger partial charge < -0.3 is 25.2 Å². The first-order valence-corrected chi connectivity index (χ1v) is 3.54. The van der Waals surface area contributed by atoms with Gasteiger partial charge in [0.2, 0.25) is 6.29 Å². The van der Waals surface area contributed by atoms with E-state index in [1.165, 1.54) is 0 Å². The standard InChI is InChI=1S/C6H11O6/c7-1-2-3(8)4(9)5(10)6(11)12-2/h2-10H,1H2/t2-,3-,4+,5+,6-/m1/s1. The van der Waals surface area contributed by atoms with Crippen molar-refractivity contribution < 1.29 is 30.3 Å². The molecule has 4 N–H and O–H groups in total. The molecule has 1 saturated heterocycles. The highest BCUT2D eigenvalue weighted by molar-refractivity contribution is 4.87. The van der Waals surface area contributed by atoms with Gasteiger partial charge in [0.1, 0.15) is 24.4 Å². The van der Waals surface area contributed by atoms with E-state index in [0.29, 0.717) is 0 Å². The molecule has 0 bridgehead atoms. The van der Waals surface area contributed by atoms with Crippen LogP contribution in [0.1, 0.15) is 0 Å². The minimum Gasteiger partial charge on any atom is -0.394 e. The van der Waals surface area contributed by atoms with E-state index in [0.717, 1.165) is 0 Å². The lowest BCUT2D eigenvalue weighted by Crippen LogP contribution is -2.58. The summed E-state index contributed by atoms with van der Waals surface area (Å²) in [7, 11) is 0. The normalized spacial score (nSPS) is 49.2. The Labute approximate surface area is 68.6 Å². The maximum Gasteiger partial charge on any atom is 0.220 e. The maximum absolute atomic E-state index is 10.7. The Morgan fingerprint density at radius 3 is 2.17 bits per heavy atom. The molecule has 1 rings (SSSR count). The number of hydrogen-bond donors (Lipinski definition) is 4. The van der Waals surface area contributed by atoms with Gasteiger partial charge in [-0.1, -0.05) is 0 Å². The van der Waals surface area contributed by atoms with Crippen molar-refractivity contribution in [2.75, 3.05) is 6.61 Å². The first-order chi connectivity index (χ1) is 5.57. The summed E-state index contributed by atoms with van der Waals surface area (Å²) in [6.45, 7) is -0.566. The van der Waals surface area contributed by atoms with Crippen LogP contribution >= 0.6 is 0 Å². The number of rotatable bonds is 1. The summed E-state index contributed by atoms with van der Waals surface area (Å²) in [4.78, 5) is 0. The summed E-state index contributed by atoms with van der Waals surface area (Å²) in [5, 5.41) is 46.3. The molecule has 5 atom stereocenters. The third kappa shape index (κ3) is 1.58. The Balaban J connectivity index is 2.63. The van der Waals surface area contributed by atoms with Crippen LogP contribution in [0.4, 0.5) is 0 Å². The average molecular weight is 179 g/mol. The van der Waals surface area contributed by atoms with Gasteiger partial charge in [0.15, 0.2) is 0 Å². The largest absolute Gasteiger partial charge is 0.394 e. The van der Waals surface area contributed by atoms with Crippen LogP contribution < -0.4 is 0 Å². The fraction of sp³-hybridized carbons (Fsp3) is 1.00. The van der Waals surface area contributed by atoms with Crippen LogP contribution in [0.2, 0.25) is 0 Å². The van der Waals surface area contributed by atoms with Gasteiger partial charge >= 0.3 is 0 Å². The average Bonchev–Trinajstić information content (AvgIpc) is 2.08. The highest BCUT2D eigenvalue weighted by Crippen LogP contribution is 2.19. The Morgan fingerprint density at radius 2 is 1.67 bits per heavy atom. The second kappa shape index (κ2) is 3.65. The van der Waals surface area contributed by atoms with Gasteiger partial charge in [0.25, 0.3) is 0 Å². The van der Waals surface area contributed by atoms with E-state index in [-0.39, 0.29) is 0 Å². The van der Waals surface area contributed by atoms with Gasteiger partial charge in [-0.05, 0) is 0 Å². The first-order valence-electron chi connectivity index (χ1n) is 3.54. The summed E-state index contributed by atoms with van der Waals surface area (Å²) >= 11 is 0. The van der Waals surface area contributed by atoms with Crippen molar-refractivity contribution in [1.82, 2.24) is 0 Å². The van der Waals surface area contributed by atoms with Gasteiger partial charge in [-0.15, -0.1) is 0 Å². The van der Waals surface area contributed by atoms with Crippen LogP contribution in [0, 0.1) is 0 Å². The zero-order chi connectivity index (χ0) is 9.30. The molecular weight excluding hydrogens is 168 g/mol. The van der Waals surface area contributed by atoms with E-state index in [9.17, 15) is 5.11 Å². The van der Waals surface area contributed by atoms with Crippen molar-refractivity contribution in [3.63, 3.8) is 0 Å². The lowest BCUT2D eigenvalue weighted by Gasteiger charge is -2.36. The molecule has 1 aliphatic heterocycles. The molecule has 0 saturated carbocycles. The van der Waals surface area contributed by atoms with E-state index >= 15 is 0 Å². The summed E-state index contributed by atoms with van der Waals surface area (Å²) in [5.41, 5.74) is 0. The Morgan fingerprint density at radius 1 is 1.08 bits per heavy atom. The van der Waals surface area contributed by atoms with Crippen LogP contribution in [0.5, 0.6) is 0 Å². The fourth-order valence-corrected chi connectivity index (χ4v) is 1.07. The van der Waals surface area contributed by atoms with E-state index in [1.807, 2.05) is 0 Å². The van der Waals surface area contributed by atoms with Crippen LogP contribution in [0.15, 0.2) is 0 Å². The molecule has 0 aromatic heterocycles. The van der Waals surface area contributed by atoms with Crippen LogP contribution in [0.3, 0.4) is 0 Å². The smallest absolute Gasteiger partial charge is 0.220 e. The SMILES string of the molecule is [O][C@@H]1O[C@H](CO)[C@@H](O)[C@H](O)[C@@H]1O. The van der Waals surface area contributed by atoms with Crippen molar-refractivity contribution in [2.45, 2.75) is 30.7 Å². The molecule has 0 spiro atoms. The summed E-state index contributed by atoms with van der Waals surface area (Å²) in [6, 6.07) is 0. The second-order valence-electron chi connectivity index (χ2n) is 2.70. The van der Waals surface area contributed by atoms with Crippen molar-refractivity contribution in [3.8, 4) is 0 Å². The number of ether oxygens (including phenoxy) is 1. The zero-order valence-electron chi connectivity index (χ0n) is 6.20. The Kier molecular flexibility index (Phi) is 2.99. The molecule has 1 aliphatic rings. The predicted octanol–water partition coefficient (Wildman–Crippen LogP) is -2.78. The summed E-state index contributed by atoms with van der Waals surface area (Å²) in [6.07, 6.45) is -7.57. The quantitative estimate of drug-likeness (QED) is 0.348. The second-order valence-corrected chi connectivity index (χ2v) is 2.70. The van der Waals surface area contributed by atoms with Crippen LogP contribution in [0.25, 0.3) is 0 Å². The number of aliphatic hydroxyl groups is 4. The highest BCUT2D eigenvalue weighted by Gasteiger charge is 2.43. The lowest BCUT2D eigenvalue weighted by atomic mass is 10.00. The topological polar surface area (TPSA) is 110 Å². The number of hydrogen-bond acceptors (Lipinski definition) is 5. The zero-order valence-corrected chi connectivity index (χ0v) is 6.20. The molecule has 1 radical (unpaired) electrons. The minimum absolute atomic E-state index is 0.566. The summed E-state index contributed by atoms with van der Waals surface area (Å²) < 4.78 is 4.46. The lowest BCUT2D eigenvalue weighted by molar-refractivity contribution is -0.303. The molecule has 6 nitrogen and oxygen atoms in total. The van der Waals surface area contributed by atoms with Gasteiger partial charge in [-0.25, -0.2) is 0 Å². The molecule has 0 aliphatic carbocycles. The van der Waals surface area contributed by atoms with Gasteiger partial charge in [-0.3, -0.25) is 0 Å². The van der Waals surface area contributed by atoms with Crippen molar-refractivity contribution in [1.29, 1.82) is 0 Å². The molecule has 12 heavy (non-hydrogen) atoms. The molecule has 0 amide bonds. The van der Waals surface area contributed by atoms with Crippen LogP contribution in [-0.2, 0) is 9.84 Å². The molecule has 6 heteroatoms. The molecule has 0 aromatic rings. The monoisotopic (exact) mass is 179 g/mol.